The zero-order chi connectivity index (χ0) is 11.4. The Balaban J connectivity index is 1.94. The van der Waals surface area contributed by atoms with Crippen molar-refractivity contribution in [3.8, 4) is 0 Å². The molecule has 7 atom stereocenters. The zero-order valence-corrected chi connectivity index (χ0v) is 10.4. The van der Waals surface area contributed by atoms with Crippen LogP contribution >= 0.6 is 11.6 Å². The monoisotopic (exact) mass is 242 g/mol. The van der Waals surface area contributed by atoms with E-state index >= 15 is 0 Å². The third kappa shape index (κ3) is 1.32. The van der Waals surface area contributed by atoms with E-state index in [1.54, 1.807) is 0 Å². The fraction of sp³-hybridized carbons (Fsp3) is 0.923. The number of ketones is 1. The van der Waals surface area contributed by atoms with Crippen molar-refractivity contribution in [3.63, 3.8) is 0 Å². The number of carbonyl (C=O) groups excluding carboxylic acids is 1. The summed E-state index contributed by atoms with van der Waals surface area (Å²) in [5, 5.41) is 10.3. The van der Waals surface area contributed by atoms with Crippen molar-refractivity contribution in [2.45, 2.75) is 44.1 Å². The molecule has 0 aliphatic heterocycles. The molecule has 0 radical (unpaired) electrons. The number of hydrogen-bond acceptors (Lipinski definition) is 2. The topological polar surface area (TPSA) is 37.3 Å². The molecule has 0 aromatic carbocycles. The minimum atomic E-state index is -0.254. The van der Waals surface area contributed by atoms with Gasteiger partial charge < -0.3 is 5.11 Å². The van der Waals surface area contributed by atoms with Gasteiger partial charge in [-0.25, -0.2) is 0 Å². The number of halogens is 1. The van der Waals surface area contributed by atoms with Crippen molar-refractivity contribution in [1.82, 2.24) is 0 Å². The van der Waals surface area contributed by atoms with E-state index in [1.165, 1.54) is 0 Å². The fourth-order valence-electron chi connectivity index (χ4n) is 4.82. The maximum atomic E-state index is 12.0. The molecule has 2 bridgehead atoms. The summed E-state index contributed by atoms with van der Waals surface area (Å²) >= 11 is 6.28. The van der Waals surface area contributed by atoms with E-state index in [1.807, 2.05) is 6.92 Å². The normalized spacial score (nSPS) is 52.8. The quantitative estimate of drug-likeness (QED) is 0.716. The minimum absolute atomic E-state index is 0.133. The van der Waals surface area contributed by atoms with Crippen molar-refractivity contribution >= 4 is 17.4 Å². The van der Waals surface area contributed by atoms with Crippen LogP contribution in [0.15, 0.2) is 0 Å². The van der Waals surface area contributed by atoms with Crippen molar-refractivity contribution < 1.29 is 9.90 Å². The van der Waals surface area contributed by atoms with E-state index in [-0.39, 0.29) is 23.3 Å². The average Bonchev–Trinajstić information content (AvgIpc) is 2.79. The molecular weight excluding hydrogens is 224 g/mol. The molecule has 1 unspecified atom stereocenters. The maximum Gasteiger partial charge on any atom is 0.136 e. The molecule has 0 heterocycles. The van der Waals surface area contributed by atoms with Gasteiger partial charge in [-0.2, -0.15) is 0 Å². The van der Waals surface area contributed by atoms with Crippen LogP contribution in [0.2, 0.25) is 0 Å². The third-order valence-corrected chi connectivity index (χ3v) is 5.52. The molecule has 3 fully saturated rings. The molecule has 0 spiro atoms. The standard InChI is InChI=1S/C13H19ClO2/c1-6(14)11-7-2-3-8(11)13-10(16)5-4-9(15)12(7)13/h6-9,11-13,15H,2-5H2,1H3/t6?,7-,8+,9+,11-,12+,13-/m1/s1. The minimum Gasteiger partial charge on any atom is -0.393 e. The summed E-state index contributed by atoms with van der Waals surface area (Å²) in [5.41, 5.74) is 0. The van der Waals surface area contributed by atoms with Crippen LogP contribution in [0.4, 0.5) is 0 Å². The Kier molecular flexibility index (Phi) is 2.56. The molecule has 0 aromatic rings. The lowest BCUT2D eigenvalue weighted by Crippen LogP contribution is -2.41. The van der Waals surface area contributed by atoms with E-state index in [0.717, 1.165) is 12.8 Å². The first kappa shape index (κ1) is 11.0. The lowest BCUT2D eigenvalue weighted by molar-refractivity contribution is -0.133. The molecule has 0 amide bonds. The summed E-state index contributed by atoms with van der Waals surface area (Å²) in [6, 6.07) is 0. The van der Waals surface area contributed by atoms with E-state index in [2.05, 4.69) is 0 Å². The van der Waals surface area contributed by atoms with E-state index in [9.17, 15) is 9.90 Å². The Hall–Kier alpha value is -0.0800. The summed E-state index contributed by atoms with van der Waals surface area (Å²) in [6.07, 6.45) is 3.31. The van der Waals surface area contributed by atoms with Crippen LogP contribution < -0.4 is 0 Å². The highest BCUT2D eigenvalue weighted by molar-refractivity contribution is 6.20. The number of hydrogen-bond donors (Lipinski definition) is 1. The number of fused-ring (bicyclic) bond motifs is 5. The summed E-state index contributed by atoms with van der Waals surface area (Å²) in [5.74, 6) is 2.18. The van der Waals surface area contributed by atoms with Crippen molar-refractivity contribution in [2.75, 3.05) is 0 Å². The molecule has 16 heavy (non-hydrogen) atoms. The van der Waals surface area contributed by atoms with Gasteiger partial charge >= 0.3 is 0 Å². The van der Waals surface area contributed by atoms with Crippen LogP contribution in [0.1, 0.15) is 32.6 Å². The SMILES string of the molecule is CC(Cl)[C@H]1[C@@H]2CC[C@H]1[C@@H]1[C@H]2C(=O)CC[C@@H]1O. The molecule has 3 aliphatic carbocycles. The molecular formula is C13H19ClO2. The fourth-order valence-corrected chi connectivity index (χ4v) is 5.19. The second-order valence-corrected chi connectivity index (χ2v) is 6.52. The Morgan fingerprint density at radius 1 is 1.31 bits per heavy atom. The molecule has 90 valence electrons. The summed E-state index contributed by atoms with van der Waals surface area (Å²) in [4.78, 5) is 12.0. The zero-order valence-electron chi connectivity index (χ0n) is 9.60. The number of carbonyl (C=O) groups is 1. The Morgan fingerprint density at radius 3 is 2.62 bits per heavy atom. The van der Waals surface area contributed by atoms with Crippen LogP contribution in [0.3, 0.4) is 0 Å². The van der Waals surface area contributed by atoms with Gasteiger partial charge in [0, 0.05) is 17.7 Å². The Bertz CT molecular complexity index is 315. The molecule has 3 rings (SSSR count). The van der Waals surface area contributed by atoms with Gasteiger partial charge in [0.15, 0.2) is 0 Å². The van der Waals surface area contributed by atoms with Crippen LogP contribution in [-0.4, -0.2) is 22.4 Å². The highest BCUT2D eigenvalue weighted by atomic mass is 35.5. The van der Waals surface area contributed by atoms with Gasteiger partial charge in [0.1, 0.15) is 5.78 Å². The molecule has 2 nitrogen and oxygen atoms in total. The van der Waals surface area contributed by atoms with Crippen LogP contribution in [0.5, 0.6) is 0 Å². The number of Topliss-reactive ketones (excluding diaryl/α,β-unsaturated/α-hetero) is 1. The van der Waals surface area contributed by atoms with Crippen molar-refractivity contribution in [3.05, 3.63) is 0 Å². The Morgan fingerprint density at radius 2 is 2.00 bits per heavy atom. The maximum absolute atomic E-state index is 12.0. The molecule has 1 N–H and O–H groups in total. The number of alkyl halides is 1. The van der Waals surface area contributed by atoms with Gasteiger partial charge in [0.05, 0.1) is 6.10 Å². The third-order valence-electron chi connectivity index (χ3n) is 5.23. The predicted molar refractivity (Wildman–Crippen MR) is 62.2 cm³/mol. The van der Waals surface area contributed by atoms with Crippen molar-refractivity contribution in [2.24, 2.45) is 29.6 Å². The lowest BCUT2D eigenvalue weighted by atomic mass is 9.69. The molecule has 0 aromatic heterocycles. The molecule has 3 heteroatoms. The van der Waals surface area contributed by atoms with Gasteiger partial charge in [-0.05, 0) is 49.9 Å². The summed E-state index contributed by atoms with van der Waals surface area (Å²) in [6.45, 7) is 2.05. The first-order valence-electron chi connectivity index (χ1n) is 6.46. The first-order valence-corrected chi connectivity index (χ1v) is 6.89. The first-order chi connectivity index (χ1) is 7.61. The average molecular weight is 243 g/mol. The van der Waals surface area contributed by atoms with E-state index in [4.69, 9.17) is 11.6 Å². The smallest absolute Gasteiger partial charge is 0.136 e. The van der Waals surface area contributed by atoms with Gasteiger partial charge in [-0.15, -0.1) is 11.6 Å². The predicted octanol–water partition coefficient (Wildman–Crippen LogP) is 2.23. The van der Waals surface area contributed by atoms with Gasteiger partial charge in [0.25, 0.3) is 0 Å². The highest BCUT2D eigenvalue weighted by Gasteiger charge is 2.60. The highest BCUT2D eigenvalue weighted by Crippen LogP contribution is 2.61. The van der Waals surface area contributed by atoms with Crippen LogP contribution in [0, 0.1) is 29.6 Å². The number of aliphatic hydroxyl groups excluding tert-OH is 1. The summed E-state index contributed by atoms with van der Waals surface area (Å²) in [7, 11) is 0. The largest absolute Gasteiger partial charge is 0.393 e. The van der Waals surface area contributed by atoms with Gasteiger partial charge in [-0.3, -0.25) is 4.79 Å². The van der Waals surface area contributed by atoms with Crippen molar-refractivity contribution in [1.29, 1.82) is 0 Å². The second-order valence-electron chi connectivity index (χ2n) is 5.84. The van der Waals surface area contributed by atoms with Crippen LogP contribution in [-0.2, 0) is 4.79 Å². The molecule has 0 saturated heterocycles. The van der Waals surface area contributed by atoms with E-state index in [0.29, 0.717) is 36.4 Å². The second kappa shape index (κ2) is 3.71. The van der Waals surface area contributed by atoms with Gasteiger partial charge in [-0.1, -0.05) is 0 Å². The molecule has 3 saturated carbocycles. The van der Waals surface area contributed by atoms with Gasteiger partial charge in [0.2, 0.25) is 0 Å². The summed E-state index contributed by atoms with van der Waals surface area (Å²) < 4.78 is 0. The Labute approximate surface area is 101 Å². The van der Waals surface area contributed by atoms with Crippen LogP contribution in [0.25, 0.3) is 0 Å². The van der Waals surface area contributed by atoms with E-state index < -0.39 is 0 Å². The number of rotatable bonds is 1. The lowest BCUT2D eigenvalue weighted by Gasteiger charge is -2.37. The number of aliphatic hydroxyl groups is 1. The molecule has 3 aliphatic rings.